The van der Waals surface area contributed by atoms with E-state index in [0.717, 1.165) is 23.3 Å². The van der Waals surface area contributed by atoms with E-state index in [-0.39, 0.29) is 6.54 Å². The van der Waals surface area contributed by atoms with Crippen molar-refractivity contribution in [3.05, 3.63) is 47.5 Å². The number of carbonyl (C=O) groups excluding carboxylic acids is 1. The van der Waals surface area contributed by atoms with Gasteiger partial charge in [-0.1, -0.05) is 6.07 Å². The Bertz CT molecular complexity index is 771. The molecule has 0 spiro atoms. The van der Waals surface area contributed by atoms with Crippen molar-refractivity contribution in [1.29, 1.82) is 0 Å². The second-order valence-corrected chi connectivity index (χ2v) is 5.92. The molecule has 2 aromatic rings. The zero-order valence-corrected chi connectivity index (χ0v) is 14.7. The molecule has 0 saturated carbocycles. The van der Waals surface area contributed by atoms with Crippen molar-refractivity contribution in [2.75, 3.05) is 32.7 Å². The highest BCUT2D eigenvalue weighted by atomic mass is 16.5. The lowest BCUT2D eigenvalue weighted by molar-refractivity contribution is 0.175. The summed E-state index contributed by atoms with van der Waals surface area (Å²) < 4.78 is 15.8. The van der Waals surface area contributed by atoms with E-state index in [1.54, 1.807) is 24.3 Å². The van der Waals surface area contributed by atoms with Crippen molar-refractivity contribution in [3.63, 3.8) is 0 Å². The number of aliphatic hydroxyl groups is 1. The normalized spacial score (nSPS) is 13.3. The predicted molar refractivity (Wildman–Crippen MR) is 97.2 cm³/mol. The standard InChI is InChI=1S/C19H22N2O5/c1-24-15-8-14(9-16(10-15)25-2)21-19(23)20-11-17(22)12-3-4-18-13(7-12)5-6-26-18/h3-4,7-10,17,22H,5-6,11H2,1-2H3,(H2,20,21,23). The zero-order chi connectivity index (χ0) is 18.5. The van der Waals surface area contributed by atoms with E-state index in [0.29, 0.717) is 23.8 Å². The molecule has 0 saturated heterocycles. The lowest BCUT2D eigenvalue weighted by Crippen LogP contribution is -2.32. The summed E-state index contributed by atoms with van der Waals surface area (Å²) >= 11 is 0. The fourth-order valence-corrected chi connectivity index (χ4v) is 2.78. The maximum absolute atomic E-state index is 12.1. The molecule has 0 aromatic heterocycles. The summed E-state index contributed by atoms with van der Waals surface area (Å²) in [6, 6.07) is 10.2. The number of hydrogen-bond acceptors (Lipinski definition) is 5. The summed E-state index contributed by atoms with van der Waals surface area (Å²) in [6.07, 6.45) is 0.0353. The van der Waals surface area contributed by atoms with E-state index < -0.39 is 12.1 Å². The van der Waals surface area contributed by atoms with Gasteiger partial charge in [-0.05, 0) is 23.3 Å². The zero-order valence-electron chi connectivity index (χ0n) is 14.7. The molecule has 0 fully saturated rings. The molecule has 1 aliphatic heterocycles. The molecule has 0 bridgehead atoms. The first-order valence-corrected chi connectivity index (χ1v) is 8.30. The third-order valence-electron chi connectivity index (χ3n) is 4.16. The molecule has 1 aliphatic rings. The van der Waals surface area contributed by atoms with Crippen LogP contribution in [0.2, 0.25) is 0 Å². The second-order valence-electron chi connectivity index (χ2n) is 5.92. The summed E-state index contributed by atoms with van der Waals surface area (Å²) in [4.78, 5) is 12.1. The first kappa shape index (κ1) is 17.9. The molecule has 0 radical (unpaired) electrons. The quantitative estimate of drug-likeness (QED) is 0.738. The van der Waals surface area contributed by atoms with Crippen molar-refractivity contribution < 1.29 is 24.1 Å². The molecule has 7 heteroatoms. The van der Waals surface area contributed by atoms with Crippen LogP contribution in [0.5, 0.6) is 17.2 Å². The Morgan fingerprint density at radius 2 is 1.92 bits per heavy atom. The SMILES string of the molecule is COc1cc(NC(=O)NCC(O)c2ccc3c(c2)CCO3)cc(OC)c1. The van der Waals surface area contributed by atoms with Crippen molar-refractivity contribution in [2.24, 2.45) is 0 Å². The third kappa shape index (κ3) is 4.18. The molecule has 2 aromatic carbocycles. The number of fused-ring (bicyclic) bond motifs is 1. The average Bonchev–Trinajstić information content (AvgIpc) is 3.13. The molecular weight excluding hydrogens is 336 g/mol. The molecule has 0 aliphatic carbocycles. The van der Waals surface area contributed by atoms with Gasteiger partial charge in [0, 0.05) is 36.9 Å². The first-order chi connectivity index (χ1) is 12.6. The maximum Gasteiger partial charge on any atom is 0.319 e. The Morgan fingerprint density at radius 1 is 1.19 bits per heavy atom. The van der Waals surface area contributed by atoms with Crippen molar-refractivity contribution in [3.8, 4) is 17.2 Å². The number of rotatable bonds is 6. The maximum atomic E-state index is 12.1. The largest absolute Gasteiger partial charge is 0.497 e. The monoisotopic (exact) mass is 358 g/mol. The van der Waals surface area contributed by atoms with Gasteiger partial charge in [0.2, 0.25) is 0 Å². The number of anilines is 1. The number of methoxy groups -OCH3 is 2. The Morgan fingerprint density at radius 3 is 2.62 bits per heavy atom. The highest BCUT2D eigenvalue weighted by molar-refractivity contribution is 5.89. The number of carbonyl (C=O) groups is 1. The molecule has 1 atom stereocenters. The van der Waals surface area contributed by atoms with Gasteiger partial charge < -0.3 is 30.0 Å². The third-order valence-corrected chi connectivity index (χ3v) is 4.16. The van der Waals surface area contributed by atoms with E-state index in [9.17, 15) is 9.90 Å². The molecule has 1 heterocycles. The van der Waals surface area contributed by atoms with Crippen molar-refractivity contribution in [2.45, 2.75) is 12.5 Å². The number of aliphatic hydroxyl groups excluding tert-OH is 1. The van der Waals surface area contributed by atoms with E-state index >= 15 is 0 Å². The topological polar surface area (TPSA) is 89.1 Å². The minimum Gasteiger partial charge on any atom is -0.497 e. The Balaban J connectivity index is 1.57. The predicted octanol–water partition coefficient (Wildman–Crippen LogP) is 2.49. The van der Waals surface area contributed by atoms with Gasteiger partial charge in [-0.15, -0.1) is 0 Å². The van der Waals surface area contributed by atoms with Crippen LogP contribution in [0.4, 0.5) is 10.5 Å². The van der Waals surface area contributed by atoms with Gasteiger partial charge in [-0.3, -0.25) is 0 Å². The number of urea groups is 1. The molecule has 3 N–H and O–H groups in total. The van der Waals surface area contributed by atoms with Crippen LogP contribution < -0.4 is 24.8 Å². The van der Waals surface area contributed by atoms with Gasteiger partial charge in [0.05, 0.1) is 26.9 Å². The highest BCUT2D eigenvalue weighted by Crippen LogP contribution is 2.28. The van der Waals surface area contributed by atoms with Crippen LogP contribution in [0.1, 0.15) is 17.2 Å². The van der Waals surface area contributed by atoms with Crippen molar-refractivity contribution in [1.82, 2.24) is 5.32 Å². The first-order valence-electron chi connectivity index (χ1n) is 8.30. The molecule has 2 amide bonds. The van der Waals surface area contributed by atoms with Crippen LogP contribution in [0.15, 0.2) is 36.4 Å². The molecule has 3 rings (SSSR count). The van der Waals surface area contributed by atoms with Crippen LogP contribution >= 0.6 is 0 Å². The number of hydrogen-bond donors (Lipinski definition) is 3. The van der Waals surface area contributed by atoms with Gasteiger partial charge in [0.25, 0.3) is 0 Å². The van der Waals surface area contributed by atoms with Crippen LogP contribution in [-0.4, -0.2) is 38.5 Å². The molecule has 26 heavy (non-hydrogen) atoms. The van der Waals surface area contributed by atoms with E-state index in [1.165, 1.54) is 14.2 Å². The van der Waals surface area contributed by atoms with Crippen LogP contribution in [0.25, 0.3) is 0 Å². The molecule has 138 valence electrons. The summed E-state index contributed by atoms with van der Waals surface area (Å²) in [5.74, 6) is 2.00. The number of ether oxygens (including phenoxy) is 3. The lowest BCUT2D eigenvalue weighted by Gasteiger charge is -2.14. The molecular formula is C19H22N2O5. The second kappa shape index (κ2) is 7.97. The Labute approximate surface area is 151 Å². The van der Waals surface area contributed by atoms with Crippen LogP contribution in [0, 0.1) is 0 Å². The summed E-state index contributed by atoms with van der Waals surface area (Å²) in [5, 5.41) is 15.7. The Kier molecular flexibility index (Phi) is 5.48. The highest BCUT2D eigenvalue weighted by Gasteiger charge is 2.16. The minimum atomic E-state index is -0.800. The fraction of sp³-hybridized carbons (Fsp3) is 0.316. The summed E-state index contributed by atoms with van der Waals surface area (Å²) in [5.41, 5.74) is 2.36. The Hall–Kier alpha value is -2.93. The molecule has 1 unspecified atom stereocenters. The number of nitrogens with one attached hydrogen (secondary N) is 2. The number of amides is 2. The average molecular weight is 358 g/mol. The summed E-state index contributed by atoms with van der Waals surface area (Å²) in [7, 11) is 3.08. The van der Waals surface area contributed by atoms with Gasteiger partial charge >= 0.3 is 6.03 Å². The number of benzene rings is 2. The van der Waals surface area contributed by atoms with E-state index in [1.807, 2.05) is 12.1 Å². The van der Waals surface area contributed by atoms with Gasteiger partial charge in [0.1, 0.15) is 17.2 Å². The molecule has 7 nitrogen and oxygen atoms in total. The van der Waals surface area contributed by atoms with Gasteiger partial charge in [-0.25, -0.2) is 4.79 Å². The van der Waals surface area contributed by atoms with Gasteiger partial charge in [-0.2, -0.15) is 0 Å². The van der Waals surface area contributed by atoms with Crippen molar-refractivity contribution >= 4 is 11.7 Å². The van der Waals surface area contributed by atoms with E-state index in [2.05, 4.69) is 10.6 Å². The van der Waals surface area contributed by atoms with E-state index in [4.69, 9.17) is 14.2 Å². The fourth-order valence-electron chi connectivity index (χ4n) is 2.78. The minimum absolute atomic E-state index is 0.0899. The lowest BCUT2D eigenvalue weighted by atomic mass is 10.0. The van der Waals surface area contributed by atoms with Crippen LogP contribution in [-0.2, 0) is 6.42 Å². The van der Waals surface area contributed by atoms with Crippen LogP contribution in [0.3, 0.4) is 0 Å². The van der Waals surface area contributed by atoms with Gasteiger partial charge in [0.15, 0.2) is 0 Å². The summed E-state index contributed by atoms with van der Waals surface area (Å²) in [6.45, 7) is 0.756. The smallest absolute Gasteiger partial charge is 0.319 e.